The Balaban J connectivity index is 0.000000555. The van der Waals surface area contributed by atoms with E-state index >= 15 is 0 Å². The fourth-order valence-corrected chi connectivity index (χ4v) is 0.908. The molecule has 0 aliphatic heterocycles. The summed E-state index contributed by atoms with van der Waals surface area (Å²) in [6.07, 6.45) is 0. The first-order chi connectivity index (χ1) is 8.93. The van der Waals surface area contributed by atoms with E-state index in [1.807, 2.05) is 0 Å². The number of carbonyl (C=O) groups is 2. The second kappa shape index (κ2) is 8.20. The fourth-order valence-electron chi connectivity index (χ4n) is 0.908. The van der Waals surface area contributed by atoms with Crippen LogP contribution in [0.25, 0.3) is 10.4 Å². The van der Waals surface area contributed by atoms with Crippen molar-refractivity contribution in [1.82, 2.24) is 0 Å². The van der Waals surface area contributed by atoms with Crippen molar-refractivity contribution < 1.29 is 19.2 Å². The highest BCUT2D eigenvalue weighted by Crippen LogP contribution is 2.18. The predicted octanol–water partition coefficient (Wildman–Crippen LogP) is 2.22. The van der Waals surface area contributed by atoms with Gasteiger partial charge in [0.1, 0.15) is 5.56 Å². The Morgan fingerprint density at radius 2 is 1.95 bits per heavy atom. The Bertz CT molecular complexity index is 536. The van der Waals surface area contributed by atoms with Gasteiger partial charge in [-0.3, -0.25) is 19.7 Å². The normalized spacial score (nSPS) is 8.32. The molecule has 0 aliphatic carbocycles. The second-order valence-corrected chi connectivity index (χ2v) is 2.96. The van der Waals surface area contributed by atoms with Gasteiger partial charge in [-0.25, -0.2) is 0 Å². The van der Waals surface area contributed by atoms with Crippen LogP contribution in [0.1, 0.15) is 17.3 Å². The zero-order chi connectivity index (χ0) is 14.8. The summed E-state index contributed by atoms with van der Waals surface area (Å²) in [5, 5.41) is 13.2. The number of methoxy groups -OCH3 is 1. The largest absolute Gasteiger partial charge is 0.469 e. The number of esters is 1. The van der Waals surface area contributed by atoms with Crippen LogP contribution in [0, 0.1) is 10.1 Å². The lowest BCUT2D eigenvalue weighted by Crippen LogP contribution is -1.99. The minimum Gasteiger partial charge on any atom is -0.469 e. The van der Waals surface area contributed by atoms with E-state index in [1.165, 1.54) is 38.3 Å². The van der Waals surface area contributed by atoms with E-state index in [4.69, 9.17) is 5.53 Å². The summed E-state index contributed by atoms with van der Waals surface area (Å²) in [6.45, 7) is 1.36. The third-order valence-corrected chi connectivity index (χ3v) is 1.75. The van der Waals surface area contributed by atoms with Gasteiger partial charge in [0.25, 0.3) is 11.6 Å². The molecule has 9 nitrogen and oxygen atoms in total. The van der Waals surface area contributed by atoms with Gasteiger partial charge in [0.15, 0.2) is 0 Å². The highest BCUT2D eigenvalue weighted by molar-refractivity contribution is 5.98. The Labute approximate surface area is 107 Å². The highest BCUT2D eigenvalue weighted by Gasteiger charge is 2.17. The SMILES string of the molecule is COC(C)=O.[N-]=[N+]=NC(=O)c1ccccc1[N+](=O)[O-]. The van der Waals surface area contributed by atoms with Gasteiger partial charge < -0.3 is 4.74 Å². The van der Waals surface area contributed by atoms with Gasteiger partial charge in [-0.2, -0.15) is 0 Å². The highest BCUT2D eigenvalue weighted by atomic mass is 16.6. The van der Waals surface area contributed by atoms with Crippen LogP contribution >= 0.6 is 0 Å². The van der Waals surface area contributed by atoms with E-state index in [2.05, 4.69) is 14.8 Å². The van der Waals surface area contributed by atoms with Crippen LogP contribution in [0.4, 0.5) is 5.69 Å². The molecule has 1 aromatic rings. The number of nitro groups is 1. The molecule has 0 N–H and O–H groups in total. The van der Waals surface area contributed by atoms with Crippen LogP contribution in [-0.2, 0) is 9.53 Å². The number of ether oxygens (including phenoxy) is 1. The van der Waals surface area contributed by atoms with Crippen molar-refractivity contribution >= 4 is 17.6 Å². The molecule has 100 valence electrons. The average Bonchev–Trinajstić information content (AvgIpc) is 2.39. The number of nitro benzene ring substituents is 1. The molecule has 1 aromatic carbocycles. The number of carbonyl (C=O) groups excluding carboxylic acids is 2. The van der Waals surface area contributed by atoms with E-state index in [1.54, 1.807) is 0 Å². The summed E-state index contributed by atoms with van der Waals surface area (Å²) in [6, 6.07) is 5.27. The molecule has 19 heavy (non-hydrogen) atoms. The smallest absolute Gasteiger partial charge is 0.302 e. The first-order valence-corrected chi connectivity index (χ1v) is 4.81. The van der Waals surface area contributed by atoms with Gasteiger partial charge in [0.05, 0.1) is 12.0 Å². The maximum Gasteiger partial charge on any atom is 0.302 e. The number of para-hydroxylation sites is 1. The van der Waals surface area contributed by atoms with Gasteiger partial charge in [-0.05, 0) is 16.7 Å². The number of azide groups is 1. The maximum absolute atomic E-state index is 11.0. The molecule has 1 rings (SSSR count). The Hall–Kier alpha value is -2.93. The zero-order valence-corrected chi connectivity index (χ0v) is 10.1. The molecule has 0 bridgehead atoms. The maximum atomic E-state index is 11.0. The van der Waals surface area contributed by atoms with E-state index < -0.39 is 10.8 Å². The van der Waals surface area contributed by atoms with Gasteiger partial charge in [0.2, 0.25) is 0 Å². The van der Waals surface area contributed by atoms with Crippen molar-refractivity contribution in [3.05, 3.63) is 50.4 Å². The average molecular weight is 266 g/mol. The van der Waals surface area contributed by atoms with Gasteiger partial charge >= 0.3 is 5.97 Å². The van der Waals surface area contributed by atoms with E-state index in [0.717, 1.165) is 0 Å². The summed E-state index contributed by atoms with van der Waals surface area (Å²) < 4.78 is 4.11. The first-order valence-electron chi connectivity index (χ1n) is 4.81. The molecular formula is C10H10N4O5. The zero-order valence-electron chi connectivity index (χ0n) is 10.1. The van der Waals surface area contributed by atoms with E-state index in [0.29, 0.717) is 0 Å². The lowest BCUT2D eigenvalue weighted by molar-refractivity contribution is -0.385. The minimum atomic E-state index is -0.959. The van der Waals surface area contributed by atoms with Crippen LogP contribution in [0.3, 0.4) is 0 Å². The minimum absolute atomic E-state index is 0.213. The number of hydrogen-bond donors (Lipinski definition) is 0. The van der Waals surface area contributed by atoms with Crippen LogP contribution in [-0.4, -0.2) is 23.9 Å². The molecule has 0 aliphatic rings. The number of hydrogen-bond acceptors (Lipinski definition) is 5. The number of rotatable bonds is 2. The van der Waals surface area contributed by atoms with Crippen LogP contribution in [0.2, 0.25) is 0 Å². The van der Waals surface area contributed by atoms with Crippen molar-refractivity contribution in [3.8, 4) is 0 Å². The predicted molar refractivity (Wildman–Crippen MR) is 64.3 cm³/mol. The molecule has 0 fully saturated rings. The summed E-state index contributed by atoms with van der Waals surface area (Å²) >= 11 is 0. The van der Waals surface area contributed by atoms with Crippen molar-refractivity contribution in [1.29, 1.82) is 0 Å². The monoisotopic (exact) mass is 266 g/mol. The molecule has 0 atom stereocenters. The Kier molecular flexibility index (Phi) is 6.94. The summed E-state index contributed by atoms with van der Waals surface area (Å²) in [5.74, 6) is -1.20. The topological polar surface area (TPSA) is 135 Å². The lowest BCUT2D eigenvalue weighted by atomic mass is 10.2. The lowest BCUT2D eigenvalue weighted by Gasteiger charge is -1.95. The molecule has 1 amide bonds. The first kappa shape index (κ1) is 16.1. The Morgan fingerprint density at radius 3 is 2.37 bits per heavy atom. The van der Waals surface area contributed by atoms with Crippen molar-refractivity contribution in [2.45, 2.75) is 6.92 Å². The van der Waals surface area contributed by atoms with Crippen molar-refractivity contribution in [2.75, 3.05) is 7.11 Å². The van der Waals surface area contributed by atoms with Gasteiger partial charge in [0, 0.05) is 17.9 Å². The second-order valence-electron chi connectivity index (χ2n) is 2.96. The summed E-state index contributed by atoms with van der Waals surface area (Å²) in [5.41, 5.74) is 7.41. The number of benzene rings is 1. The molecule has 0 unspecified atom stereocenters. The molecule has 9 heteroatoms. The molecule has 0 heterocycles. The molecule has 0 aromatic heterocycles. The Morgan fingerprint density at radius 1 is 1.42 bits per heavy atom. The van der Waals surface area contributed by atoms with Crippen LogP contribution < -0.4 is 0 Å². The van der Waals surface area contributed by atoms with Crippen molar-refractivity contribution in [3.63, 3.8) is 0 Å². The summed E-state index contributed by atoms with van der Waals surface area (Å²) in [7, 11) is 1.35. The summed E-state index contributed by atoms with van der Waals surface area (Å²) in [4.78, 5) is 32.6. The molecular weight excluding hydrogens is 256 g/mol. The standard InChI is InChI=1S/C7H4N4O3.C3H6O2/c8-10-9-7(12)5-3-1-2-4-6(5)11(13)14;1-3(4)5-2/h1-4H;1-2H3. The molecule has 0 saturated carbocycles. The fraction of sp³-hybridized carbons (Fsp3) is 0.200. The quantitative estimate of drug-likeness (QED) is 0.202. The van der Waals surface area contributed by atoms with Crippen molar-refractivity contribution in [2.24, 2.45) is 5.11 Å². The third kappa shape index (κ3) is 5.80. The number of nitrogens with zero attached hydrogens (tertiary/aromatic N) is 4. The van der Waals surface area contributed by atoms with Gasteiger partial charge in [-0.1, -0.05) is 12.1 Å². The third-order valence-electron chi connectivity index (χ3n) is 1.75. The van der Waals surface area contributed by atoms with E-state index in [9.17, 15) is 19.7 Å². The number of amides is 1. The van der Waals surface area contributed by atoms with Crippen LogP contribution in [0.5, 0.6) is 0 Å². The molecule has 0 radical (unpaired) electrons. The molecule has 0 saturated heterocycles. The van der Waals surface area contributed by atoms with E-state index in [-0.39, 0.29) is 17.2 Å². The van der Waals surface area contributed by atoms with Crippen LogP contribution in [0.15, 0.2) is 29.4 Å². The van der Waals surface area contributed by atoms with Gasteiger partial charge in [-0.15, -0.1) is 0 Å². The molecule has 0 spiro atoms.